The third-order valence-corrected chi connectivity index (χ3v) is 6.10. The first-order valence-electron chi connectivity index (χ1n) is 10.5. The molecular formula is C23H27FN6. The van der Waals surface area contributed by atoms with Gasteiger partial charge in [0.1, 0.15) is 11.3 Å². The van der Waals surface area contributed by atoms with Crippen LogP contribution in [-0.2, 0) is 0 Å². The maximum atomic E-state index is 14.9. The molecule has 30 heavy (non-hydrogen) atoms. The van der Waals surface area contributed by atoms with Crippen molar-refractivity contribution >= 4 is 22.5 Å². The molecule has 0 amide bonds. The quantitative estimate of drug-likeness (QED) is 0.495. The number of imidazole rings is 1. The molecule has 1 aliphatic rings. The van der Waals surface area contributed by atoms with E-state index in [4.69, 9.17) is 0 Å². The standard InChI is InChI=1S/C23H27FN6/c1-13(2)30-14(3)26-21-18(24)8-15(9-19(21)30)17-6-7-29-20(17)12-25-22(28-29)27-16-10-23(4,5)11-16/h6-9,12-13,16H,10-11H2,1-5H3,(H,27,28). The van der Waals surface area contributed by atoms with Crippen LogP contribution in [0.2, 0.25) is 0 Å². The van der Waals surface area contributed by atoms with Gasteiger partial charge in [0.2, 0.25) is 5.95 Å². The summed E-state index contributed by atoms with van der Waals surface area (Å²) in [7, 11) is 0. The Kier molecular flexibility index (Phi) is 4.14. The molecule has 1 saturated carbocycles. The third kappa shape index (κ3) is 3.04. The Morgan fingerprint density at radius 3 is 2.67 bits per heavy atom. The molecule has 0 aliphatic heterocycles. The Labute approximate surface area is 175 Å². The van der Waals surface area contributed by atoms with Gasteiger partial charge in [-0.25, -0.2) is 18.9 Å². The summed E-state index contributed by atoms with van der Waals surface area (Å²) in [5.41, 5.74) is 4.17. The molecule has 3 aromatic heterocycles. The Hall–Kier alpha value is -2.96. The number of aryl methyl sites for hydroxylation is 1. The number of halogens is 1. The minimum atomic E-state index is -0.309. The van der Waals surface area contributed by atoms with E-state index in [9.17, 15) is 4.39 Å². The van der Waals surface area contributed by atoms with Crippen molar-refractivity contribution in [3.05, 3.63) is 42.2 Å². The summed E-state index contributed by atoms with van der Waals surface area (Å²) in [4.78, 5) is 8.95. The van der Waals surface area contributed by atoms with Crippen LogP contribution in [0, 0.1) is 18.2 Å². The van der Waals surface area contributed by atoms with Crippen molar-refractivity contribution in [1.82, 2.24) is 24.1 Å². The van der Waals surface area contributed by atoms with Crippen LogP contribution in [0.3, 0.4) is 0 Å². The van der Waals surface area contributed by atoms with E-state index in [1.807, 2.05) is 36.0 Å². The number of aromatic nitrogens is 5. The first kappa shape index (κ1) is 19.0. The molecule has 0 radical (unpaired) electrons. The molecule has 5 rings (SSSR count). The van der Waals surface area contributed by atoms with Crippen LogP contribution in [0.15, 0.2) is 30.6 Å². The molecule has 6 nitrogen and oxygen atoms in total. The highest BCUT2D eigenvalue weighted by Crippen LogP contribution is 2.41. The van der Waals surface area contributed by atoms with E-state index >= 15 is 0 Å². The lowest BCUT2D eigenvalue weighted by atomic mass is 9.68. The van der Waals surface area contributed by atoms with Crippen molar-refractivity contribution in [2.45, 2.75) is 59.5 Å². The van der Waals surface area contributed by atoms with Crippen LogP contribution in [0.1, 0.15) is 52.4 Å². The minimum absolute atomic E-state index is 0.198. The molecule has 1 aromatic carbocycles. The molecule has 4 aromatic rings. The monoisotopic (exact) mass is 406 g/mol. The van der Waals surface area contributed by atoms with E-state index in [-0.39, 0.29) is 11.9 Å². The Morgan fingerprint density at radius 1 is 1.20 bits per heavy atom. The molecule has 1 aliphatic carbocycles. The van der Waals surface area contributed by atoms with Crippen LogP contribution in [0.4, 0.5) is 10.3 Å². The molecule has 1 fully saturated rings. The van der Waals surface area contributed by atoms with Crippen molar-refractivity contribution < 1.29 is 4.39 Å². The summed E-state index contributed by atoms with van der Waals surface area (Å²) in [5, 5.41) is 8.03. The molecule has 0 saturated heterocycles. The maximum absolute atomic E-state index is 14.9. The molecule has 156 valence electrons. The van der Waals surface area contributed by atoms with Gasteiger partial charge in [-0.1, -0.05) is 13.8 Å². The van der Waals surface area contributed by atoms with E-state index in [0.29, 0.717) is 22.9 Å². The average Bonchev–Trinajstić information content (AvgIpc) is 3.20. The zero-order valence-electron chi connectivity index (χ0n) is 18.1. The lowest BCUT2D eigenvalue weighted by Gasteiger charge is -2.42. The normalized spacial score (nSPS) is 16.5. The number of anilines is 1. The topological polar surface area (TPSA) is 60.0 Å². The summed E-state index contributed by atoms with van der Waals surface area (Å²) >= 11 is 0. The van der Waals surface area contributed by atoms with Gasteiger partial charge in [0.15, 0.2) is 5.82 Å². The van der Waals surface area contributed by atoms with Gasteiger partial charge in [-0.05, 0) is 62.8 Å². The van der Waals surface area contributed by atoms with Crippen molar-refractivity contribution in [2.24, 2.45) is 5.41 Å². The predicted octanol–water partition coefficient (Wildman–Crippen LogP) is 5.37. The molecule has 1 N–H and O–H groups in total. The number of hydrogen-bond acceptors (Lipinski definition) is 4. The zero-order valence-corrected chi connectivity index (χ0v) is 18.1. The zero-order chi connectivity index (χ0) is 21.2. The van der Waals surface area contributed by atoms with E-state index in [1.165, 1.54) is 0 Å². The number of rotatable bonds is 4. The van der Waals surface area contributed by atoms with Gasteiger partial charge < -0.3 is 9.88 Å². The Balaban J connectivity index is 1.53. The largest absolute Gasteiger partial charge is 0.350 e. The number of fused-ring (bicyclic) bond motifs is 2. The van der Waals surface area contributed by atoms with E-state index in [1.54, 1.807) is 6.07 Å². The van der Waals surface area contributed by atoms with Gasteiger partial charge in [-0.3, -0.25) is 0 Å². The molecule has 0 bridgehead atoms. The SMILES string of the molecule is Cc1nc2c(F)cc(-c3ccn4nc(NC5CC(C)(C)C5)ncc34)cc2n1C(C)C. The highest BCUT2D eigenvalue weighted by Gasteiger charge is 2.36. The molecule has 0 unspecified atom stereocenters. The number of benzene rings is 1. The second kappa shape index (κ2) is 6.52. The van der Waals surface area contributed by atoms with Crippen LogP contribution in [-0.4, -0.2) is 30.2 Å². The third-order valence-electron chi connectivity index (χ3n) is 6.10. The van der Waals surface area contributed by atoms with Crippen LogP contribution < -0.4 is 5.32 Å². The molecule has 7 heteroatoms. The lowest BCUT2D eigenvalue weighted by Crippen LogP contribution is -2.41. The maximum Gasteiger partial charge on any atom is 0.241 e. The molecule has 0 spiro atoms. The van der Waals surface area contributed by atoms with Crippen molar-refractivity contribution in [2.75, 3.05) is 5.32 Å². The number of nitrogens with one attached hydrogen (secondary N) is 1. The van der Waals surface area contributed by atoms with Crippen LogP contribution in [0.25, 0.3) is 27.7 Å². The summed E-state index contributed by atoms with van der Waals surface area (Å²) < 4.78 is 18.8. The average molecular weight is 407 g/mol. The Bertz CT molecular complexity index is 1260. The fourth-order valence-corrected chi connectivity index (χ4v) is 4.85. The van der Waals surface area contributed by atoms with E-state index in [0.717, 1.165) is 40.8 Å². The lowest BCUT2D eigenvalue weighted by molar-refractivity contribution is 0.167. The van der Waals surface area contributed by atoms with Crippen molar-refractivity contribution in [3.63, 3.8) is 0 Å². The molecular weight excluding hydrogens is 379 g/mol. The highest BCUT2D eigenvalue weighted by atomic mass is 19.1. The fraction of sp³-hybridized carbons (Fsp3) is 0.435. The second-order valence-corrected chi connectivity index (χ2v) is 9.50. The highest BCUT2D eigenvalue weighted by molar-refractivity contribution is 5.88. The van der Waals surface area contributed by atoms with E-state index in [2.05, 4.69) is 52.6 Å². The van der Waals surface area contributed by atoms with Gasteiger partial charge in [-0.15, -0.1) is 5.10 Å². The molecule has 3 heterocycles. The minimum Gasteiger partial charge on any atom is -0.350 e. The number of nitrogens with zero attached hydrogens (tertiary/aromatic N) is 5. The predicted molar refractivity (Wildman–Crippen MR) is 117 cm³/mol. The second-order valence-electron chi connectivity index (χ2n) is 9.50. The fourth-order valence-electron chi connectivity index (χ4n) is 4.85. The first-order valence-corrected chi connectivity index (χ1v) is 10.5. The van der Waals surface area contributed by atoms with Gasteiger partial charge in [0, 0.05) is 23.8 Å². The van der Waals surface area contributed by atoms with E-state index < -0.39 is 0 Å². The number of hydrogen-bond donors (Lipinski definition) is 1. The van der Waals surface area contributed by atoms with Gasteiger partial charge in [0.05, 0.1) is 17.2 Å². The smallest absolute Gasteiger partial charge is 0.241 e. The molecule has 0 atom stereocenters. The van der Waals surface area contributed by atoms with Gasteiger partial charge in [-0.2, -0.15) is 0 Å². The summed E-state index contributed by atoms with van der Waals surface area (Å²) in [6, 6.07) is 6.14. The van der Waals surface area contributed by atoms with Crippen molar-refractivity contribution in [3.8, 4) is 11.1 Å². The summed E-state index contributed by atoms with van der Waals surface area (Å²) in [5.74, 6) is 1.13. The summed E-state index contributed by atoms with van der Waals surface area (Å²) in [6.07, 6.45) is 5.94. The summed E-state index contributed by atoms with van der Waals surface area (Å²) in [6.45, 7) is 10.6. The first-order chi connectivity index (χ1) is 14.2. The van der Waals surface area contributed by atoms with Crippen LogP contribution >= 0.6 is 0 Å². The van der Waals surface area contributed by atoms with Gasteiger partial charge in [0.25, 0.3) is 0 Å². The van der Waals surface area contributed by atoms with Gasteiger partial charge >= 0.3 is 0 Å². The van der Waals surface area contributed by atoms with Crippen molar-refractivity contribution in [1.29, 1.82) is 0 Å². The van der Waals surface area contributed by atoms with Crippen LogP contribution in [0.5, 0.6) is 0 Å². The Morgan fingerprint density at radius 2 is 1.97 bits per heavy atom.